The highest BCUT2D eigenvalue weighted by Crippen LogP contribution is 2.13. The highest BCUT2D eigenvalue weighted by molar-refractivity contribution is 5.78. The summed E-state index contributed by atoms with van der Waals surface area (Å²) in [5.41, 5.74) is 1.44. The zero-order valence-electron chi connectivity index (χ0n) is 11.1. The minimum Gasteiger partial charge on any atom is -0.349 e. The van der Waals surface area contributed by atoms with E-state index in [-0.39, 0.29) is 30.0 Å². The lowest BCUT2D eigenvalue weighted by Gasteiger charge is -2.14. The van der Waals surface area contributed by atoms with Gasteiger partial charge in [0, 0.05) is 0 Å². The van der Waals surface area contributed by atoms with E-state index in [0.29, 0.717) is 5.56 Å². The number of rotatable bonds is 4. The second-order valence-corrected chi connectivity index (χ2v) is 4.65. The lowest BCUT2D eigenvalue weighted by atomic mass is 10.1. The third kappa shape index (κ3) is 3.88. The Labute approximate surface area is 116 Å². The maximum absolute atomic E-state index is 13.1. The molecule has 0 fully saturated rings. The van der Waals surface area contributed by atoms with Gasteiger partial charge >= 0.3 is 0 Å². The Morgan fingerprint density at radius 3 is 2.45 bits per heavy atom. The van der Waals surface area contributed by atoms with Gasteiger partial charge in [-0.1, -0.05) is 24.3 Å². The van der Waals surface area contributed by atoms with Crippen LogP contribution in [0.2, 0.25) is 0 Å². The summed E-state index contributed by atoms with van der Waals surface area (Å²) in [5.74, 6) is -0.849. The van der Waals surface area contributed by atoms with Gasteiger partial charge in [0.2, 0.25) is 5.91 Å². The topological polar surface area (TPSA) is 29.1 Å². The molecule has 0 aliphatic rings. The Morgan fingerprint density at radius 2 is 1.80 bits per heavy atom. The van der Waals surface area contributed by atoms with Crippen LogP contribution in [0.1, 0.15) is 24.1 Å². The van der Waals surface area contributed by atoms with Crippen molar-refractivity contribution in [2.75, 3.05) is 0 Å². The smallest absolute Gasteiger partial charge is 0.224 e. The number of halogens is 2. The summed E-state index contributed by atoms with van der Waals surface area (Å²) in [7, 11) is 0. The van der Waals surface area contributed by atoms with E-state index in [1.54, 1.807) is 31.2 Å². The predicted molar refractivity (Wildman–Crippen MR) is 73.1 cm³/mol. The molecular weight excluding hydrogens is 260 g/mol. The van der Waals surface area contributed by atoms with Crippen LogP contribution in [0.15, 0.2) is 48.5 Å². The molecule has 0 radical (unpaired) electrons. The van der Waals surface area contributed by atoms with Gasteiger partial charge in [0.25, 0.3) is 0 Å². The van der Waals surface area contributed by atoms with Crippen molar-refractivity contribution in [2.24, 2.45) is 0 Å². The second kappa shape index (κ2) is 6.28. The molecule has 1 amide bonds. The molecule has 0 spiro atoms. The summed E-state index contributed by atoms with van der Waals surface area (Å²) >= 11 is 0. The van der Waals surface area contributed by atoms with E-state index in [0.717, 1.165) is 5.56 Å². The van der Waals surface area contributed by atoms with Crippen LogP contribution in [0.25, 0.3) is 0 Å². The maximum Gasteiger partial charge on any atom is 0.224 e. The largest absolute Gasteiger partial charge is 0.349 e. The fourth-order valence-corrected chi connectivity index (χ4v) is 1.94. The van der Waals surface area contributed by atoms with Crippen molar-refractivity contribution in [1.29, 1.82) is 0 Å². The Balaban J connectivity index is 1.95. The maximum atomic E-state index is 13.1. The van der Waals surface area contributed by atoms with Crippen LogP contribution >= 0.6 is 0 Å². The van der Waals surface area contributed by atoms with Crippen molar-refractivity contribution < 1.29 is 13.6 Å². The summed E-state index contributed by atoms with van der Waals surface area (Å²) in [5, 5.41) is 2.79. The highest BCUT2D eigenvalue weighted by Gasteiger charge is 2.10. The van der Waals surface area contributed by atoms with Crippen molar-refractivity contribution in [3.63, 3.8) is 0 Å². The van der Waals surface area contributed by atoms with E-state index in [9.17, 15) is 13.6 Å². The van der Waals surface area contributed by atoms with Gasteiger partial charge in [0.15, 0.2) is 0 Å². The summed E-state index contributed by atoms with van der Waals surface area (Å²) in [6, 6.07) is 11.6. The van der Waals surface area contributed by atoms with Gasteiger partial charge < -0.3 is 5.32 Å². The van der Waals surface area contributed by atoms with Gasteiger partial charge in [-0.3, -0.25) is 4.79 Å². The lowest BCUT2D eigenvalue weighted by molar-refractivity contribution is -0.121. The first kappa shape index (κ1) is 14.2. The van der Waals surface area contributed by atoms with E-state index in [1.165, 1.54) is 24.3 Å². The molecule has 20 heavy (non-hydrogen) atoms. The van der Waals surface area contributed by atoms with E-state index in [2.05, 4.69) is 5.32 Å². The number of carbonyl (C=O) groups is 1. The van der Waals surface area contributed by atoms with Crippen LogP contribution in [-0.2, 0) is 11.2 Å². The molecule has 2 rings (SSSR count). The third-order valence-electron chi connectivity index (χ3n) is 3.00. The van der Waals surface area contributed by atoms with E-state index in [4.69, 9.17) is 0 Å². The van der Waals surface area contributed by atoms with Gasteiger partial charge in [-0.2, -0.15) is 0 Å². The van der Waals surface area contributed by atoms with Gasteiger partial charge in [-0.05, 0) is 42.3 Å². The first-order valence-corrected chi connectivity index (χ1v) is 6.34. The molecule has 0 aliphatic heterocycles. The van der Waals surface area contributed by atoms with Crippen molar-refractivity contribution >= 4 is 5.91 Å². The fourth-order valence-electron chi connectivity index (χ4n) is 1.94. The van der Waals surface area contributed by atoms with Crippen LogP contribution < -0.4 is 5.32 Å². The summed E-state index contributed by atoms with van der Waals surface area (Å²) in [6.45, 7) is 1.79. The van der Waals surface area contributed by atoms with Crippen LogP contribution in [-0.4, -0.2) is 5.91 Å². The molecule has 1 N–H and O–H groups in total. The molecule has 0 saturated heterocycles. The van der Waals surface area contributed by atoms with E-state index < -0.39 is 0 Å². The number of amides is 1. The van der Waals surface area contributed by atoms with Crippen LogP contribution in [0.5, 0.6) is 0 Å². The molecular formula is C16H15F2NO. The quantitative estimate of drug-likeness (QED) is 0.910. The zero-order chi connectivity index (χ0) is 14.5. The van der Waals surface area contributed by atoms with Gasteiger partial charge in [-0.15, -0.1) is 0 Å². The van der Waals surface area contributed by atoms with Gasteiger partial charge in [-0.25, -0.2) is 8.78 Å². The van der Waals surface area contributed by atoms with E-state index >= 15 is 0 Å². The molecule has 0 aliphatic carbocycles. The molecule has 0 saturated carbocycles. The number of hydrogen-bond acceptors (Lipinski definition) is 1. The average molecular weight is 275 g/mol. The zero-order valence-corrected chi connectivity index (χ0v) is 11.1. The summed E-state index contributed by atoms with van der Waals surface area (Å²) < 4.78 is 25.9. The molecule has 104 valence electrons. The average Bonchev–Trinajstić information content (AvgIpc) is 2.41. The SMILES string of the molecule is CC(NC(=O)Cc1ccc(F)cc1)c1cccc(F)c1. The number of nitrogens with one attached hydrogen (secondary N) is 1. The minimum absolute atomic E-state index is 0.167. The van der Waals surface area contributed by atoms with Crippen molar-refractivity contribution in [3.8, 4) is 0 Å². The van der Waals surface area contributed by atoms with Crippen LogP contribution in [0.4, 0.5) is 8.78 Å². The molecule has 1 atom stereocenters. The van der Waals surface area contributed by atoms with E-state index in [1.807, 2.05) is 0 Å². The van der Waals surface area contributed by atoms with Crippen LogP contribution in [0.3, 0.4) is 0 Å². The van der Waals surface area contributed by atoms with Crippen molar-refractivity contribution in [3.05, 3.63) is 71.3 Å². The minimum atomic E-state index is -0.331. The molecule has 2 aromatic carbocycles. The Bertz CT molecular complexity index is 596. The number of benzene rings is 2. The second-order valence-electron chi connectivity index (χ2n) is 4.65. The summed E-state index contributed by atoms with van der Waals surface area (Å²) in [6.07, 6.45) is 0.167. The molecule has 2 nitrogen and oxygen atoms in total. The molecule has 0 heterocycles. The Hall–Kier alpha value is -2.23. The molecule has 4 heteroatoms. The first-order chi connectivity index (χ1) is 9.54. The summed E-state index contributed by atoms with van der Waals surface area (Å²) in [4.78, 5) is 11.9. The molecule has 0 bridgehead atoms. The normalized spacial score (nSPS) is 11.9. The van der Waals surface area contributed by atoms with Crippen LogP contribution in [0, 0.1) is 11.6 Å². The van der Waals surface area contributed by atoms with Gasteiger partial charge in [0.05, 0.1) is 12.5 Å². The number of hydrogen-bond donors (Lipinski definition) is 1. The monoisotopic (exact) mass is 275 g/mol. The molecule has 1 unspecified atom stereocenters. The van der Waals surface area contributed by atoms with Gasteiger partial charge in [0.1, 0.15) is 11.6 Å². The lowest BCUT2D eigenvalue weighted by Crippen LogP contribution is -2.28. The standard InChI is InChI=1S/C16H15F2NO/c1-11(13-3-2-4-15(18)10-13)19-16(20)9-12-5-7-14(17)8-6-12/h2-8,10-11H,9H2,1H3,(H,19,20). The Morgan fingerprint density at radius 1 is 1.10 bits per heavy atom. The molecule has 0 aromatic heterocycles. The predicted octanol–water partition coefficient (Wildman–Crippen LogP) is 3.38. The van der Waals surface area contributed by atoms with Crippen molar-refractivity contribution in [1.82, 2.24) is 5.32 Å². The first-order valence-electron chi connectivity index (χ1n) is 6.34. The number of carbonyl (C=O) groups excluding carboxylic acids is 1. The fraction of sp³-hybridized carbons (Fsp3) is 0.188. The highest BCUT2D eigenvalue weighted by atomic mass is 19.1. The molecule has 2 aromatic rings. The van der Waals surface area contributed by atoms with Crippen molar-refractivity contribution in [2.45, 2.75) is 19.4 Å². The Kier molecular flexibility index (Phi) is 4.45. The third-order valence-corrected chi connectivity index (χ3v) is 3.00.